The quantitative estimate of drug-likeness (QED) is 0.0976. The van der Waals surface area contributed by atoms with E-state index in [2.05, 4.69) is 11.6 Å². The SMILES string of the molecule is C=CCOc1ccc(N(C(=O)c2cc(-c3cc(Cl)ccc3C(=O)OC(C)(C)C)n(C)c2C)c2cnc(C)n(CCOc3cccc4c3CCN(C(=O)O)C4)c2=O)cc1. The summed E-state index contributed by atoms with van der Waals surface area (Å²) in [6.07, 6.45) is 2.54. The first kappa shape index (κ1) is 41.3. The molecule has 2 amide bonds. The molecule has 0 radical (unpaired) electrons. The molecule has 1 aliphatic heterocycles. The molecule has 14 heteroatoms. The van der Waals surface area contributed by atoms with Gasteiger partial charge in [0.1, 0.15) is 41.8 Å². The largest absolute Gasteiger partial charge is 0.491 e. The Bertz CT molecular complexity index is 2450. The molecule has 13 nitrogen and oxygen atoms in total. The fraction of sp³-hybridized carbons (Fsp3) is 0.295. The van der Waals surface area contributed by atoms with Gasteiger partial charge in [0.15, 0.2) is 0 Å². The maximum atomic E-state index is 15.0. The molecule has 0 saturated heterocycles. The predicted octanol–water partition coefficient (Wildman–Crippen LogP) is 8.13. The molecule has 1 N–H and O–H groups in total. The number of benzene rings is 3. The number of carbonyl (C=O) groups is 3. The van der Waals surface area contributed by atoms with Crippen molar-refractivity contribution in [2.24, 2.45) is 7.05 Å². The standard InChI is InChI=1S/C44H46ClN5O8/c1-8-21-56-32-15-13-31(14-16-32)50(40(51)35-24-37(47(7)27(35)2)36-23-30(45)12-17-34(36)42(53)58-44(4,5)6)38-25-46-28(3)49(41(38)52)20-22-57-39-11-9-10-29-26-48(43(54)55)19-18-33(29)39/h8-17,23-25H,1,18-22,26H2,2-7H3,(H,54,55). The number of aromatic nitrogens is 3. The van der Waals surface area contributed by atoms with E-state index in [-0.39, 0.29) is 43.1 Å². The van der Waals surface area contributed by atoms with Crippen LogP contribution in [0.1, 0.15) is 64.1 Å². The summed E-state index contributed by atoms with van der Waals surface area (Å²) < 4.78 is 20.8. The summed E-state index contributed by atoms with van der Waals surface area (Å²) in [7, 11) is 1.78. The van der Waals surface area contributed by atoms with Gasteiger partial charge in [-0.05, 0) is 101 Å². The first-order valence-corrected chi connectivity index (χ1v) is 19.1. The van der Waals surface area contributed by atoms with Crippen LogP contribution in [-0.4, -0.2) is 67.5 Å². The normalized spacial score (nSPS) is 12.4. The third-order valence-electron chi connectivity index (χ3n) is 9.84. The van der Waals surface area contributed by atoms with E-state index in [1.54, 1.807) is 101 Å². The Hall–Kier alpha value is -6.34. The summed E-state index contributed by atoms with van der Waals surface area (Å²) in [6.45, 7) is 13.7. The number of nitrogens with zero attached hydrogens (tertiary/aromatic N) is 5. The number of hydrogen-bond acceptors (Lipinski definition) is 8. The van der Waals surface area contributed by atoms with E-state index in [1.165, 1.54) is 20.6 Å². The molecule has 0 bridgehead atoms. The minimum atomic E-state index is -0.972. The van der Waals surface area contributed by atoms with Crippen molar-refractivity contribution in [2.45, 2.75) is 59.7 Å². The lowest BCUT2D eigenvalue weighted by Gasteiger charge is -2.27. The Balaban J connectivity index is 1.37. The zero-order valence-corrected chi connectivity index (χ0v) is 34.1. The molecule has 3 aromatic carbocycles. The van der Waals surface area contributed by atoms with Gasteiger partial charge in [-0.3, -0.25) is 19.1 Å². The van der Waals surface area contributed by atoms with Crippen molar-refractivity contribution in [2.75, 3.05) is 24.7 Å². The predicted molar refractivity (Wildman–Crippen MR) is 222 cm³/mol. The van der Waals surface area contributed by atoms with Gasteiger partial charge in [-0.1, -0.05) is 36.4 Å². The molecular weight excluding hydrogens is 762 g/mol. The van der Waals surface area contributed by atoms with Crippen LogP contribution in [-0.2, 0) is 31.3 Å². The van der Waals surface area contributed by atoms with Crippen LogP contribution in [0.4, 0.5) is 16.2 Å². The van der Waals surface area contributed by atoms with Crippen LogP contribution in [0, 0.1) is 13.8 Å². The number of rotatable bonds is 12. The molecule has 302 valence electrons. The summed E-state index contributed by atoms with van der Waals surface area (Å²) >= 11 is 6.46. The average Bonchev–Trinajstić information content (AvgIpc) is 3.48. The van der Waals surface area contributed by atoms with Gasteiger partial charge in [-0.2, -0.15) is 0 Å². The molecule has 0 spiro atoms. The lowest BCUT2D eigenvalue weighted by Crippen LogP contribution is -2.36. The van der Waals surface area contributed by atoms with Gasteiger partial charge in [-0.15, -0.1) is 0 Å². The van der Waals surface area contributed by atoms with Gasteiger partial charge >= 0.3 is 12.1 Å². The minimum Gasteiger partial charge on any atom is -0.491 e. The molecule has 6 rings (SSSR count). The third kappa shape index (κ3) is 8.79. The van der Waals surface area contributed by atoms with Crippen molar-refractivity contribution in [3.8, 4) is 22.8 Å². The van der Waals surface area contributed by atoms with Crippen molar-refractivity contribution < 1.29 is 33.7 Å². The first-order valence-electron chi connectivity index (χ1n) is 18.7. The summed E-state index contributed by atoms with van der Waals surface area (Å²) in [4.78, 5) is 61.6. The summed E-state index contributed by atoms with van der Waals surface area (Å²) in [5.74, 6) is 0.521. The van der Waals surface area contributed by atoms with Crippen LogP contribution >= 0.6 is 11.6 Å². The van der Waals surface area contributed by atoms with Crippen molar-refractivity contribution in [1.29, 1.82) is 0 Å². The second-order valence-corrected chi connectivity index (χ2v) is 15.3. The van der Waals surface area contributed by atoms with E-state index >= 15 is 0 Å². The summed E-state index contributed by atoms with van der Waals surface area (Å²) in [5.41, 5.74) is 3.08. The Kier molecular flexibility index (Phi) is 12.1. The number of hydrogen-bond donors (Lipinski definition) is 1. The highest BCUT2D eigenvalue weighted by Gasteiger charge is 2.30. The molecular formula is C44H46ClN5O8. The number of carboxylic acid groups (broad SMARTS) is 1. The number of esters is 1. The fourth-order valence-corrected chi connectivity index (χ4v) is 7.02. The van der Waals surface area contributed by atoms with Crippen LogP contribution in [0.15, 0.2) is 90.4 Å². The molecule has 0 saturated carbocycles. The van der Waals surface area contributed by atoms with Gasteiger partial charge in [0.25, 0.3) is 11.5 Å². The molecule has 3 heterocycles. The molecule has 0 fully saturated rings. The van der Waals surface area contributed by atoms with Gasteiger partial charge in [0.2, 0.25) is 0 Å². The highest BCUT2D eigenvalue weighted by molar-refractivity contribution is 6.31. The molecule has 2 aromatic heterocycles. The van der Waals surface area contributed by atoms with Gasteiger partial charge < -0.3 is 28.8 Å². The van der Waals surface area contributed by atoms with Gasteiger partial charge in [-0.25, -0.2) is 14.6 Å². The van der Waals surface area contributed by atoms with Crippen LogP contribution < -0.4 is 19.9 Å². The zero-order chi connectivity index (χ0) is 41.9. The number of ether oxygens (including phenoxy) is 3. The number of halogens is 1. The lowest BCUT2D eigenvalue weighted by atomic mass is 9.99. The highest BCUT2D eigenvalue weighted by atomic mass is 35.5. The molecule has 0 unspecified atom stereocenters. The number of anilines is 2. The van der Waals surface area contributed by atoms with Crippen molar-refractivity contribution in [3.05, 3.63) is 135 Å². The maximum Gasteiger partial charge on any atom is 0.407 e. The van der Waals surface area contributed by atoms with Crippen LogP contribution in [0.5, 0.6) is 11.5 Å². The minimum absolute atomic E-state index is 0.00298. The van der Waals surface area contributed by atoms with E-state index in [1.807, 2.05) is 18.2 Å². The van der Waals surface area contributed by atoms with Crippen molar-refractivity contribution >= 4 is 40.9 Å². The van der Waals surface area contributed by atoms with E-state index in [0.717, 1.165) is 11.1 Å². The summed E-state index contributed by atoms with van der Waals surface area (Å²) in [6, 6.07) is 18.8. The van der Waals surface area contributed by atoms with E-state index in [0.29, 0.717) is 58.0 Å². The number of aryl methyl sites for hydroxylation is 1. The second-order valence-electron chi connectivity index (χ2n) is 14.9. The smallest absolute Gasteiger partial charge is 0.407 e. The Morgan fingerprint density at radius 2 is 1.76 bits per heavy atom. The monoisotopic (exact) mass is 807 g/mol. The van der Waals surface area contributed by atoms with E-state index in [4.69, 9.17) is 25.8 Å². The fourth-order valence-electron chi connectivity index (χ4n) is 6.85. The molecule has 5 aromatic rings. The van der Waals surface area contributed by atoms with Crippen molar-refractivity contribution in [1.82, 2.24) is 19.0 Å². The molecule has 0 aliphatic carbocycles. The van der Waals surface area contributed by atoms with E-state index in [9.17, 15) is 24.3 Å². The van der Waals surface area contributed by atoms with Crippen LogP contribution in [0.25, 0.3) is 11.3 Å². The van der Waals surface area contributed by atoms with Gasteiger partial charge in [0, 0.05) is 53.4 Å². The molecule has 1 aliphatic rings. The lowest BCUT2D eigenvalue weighted by molar-refractivity contribution is 0.00701. The Morgan fingerprint density at radius 3 is 2.45 bits per heavy atom. The van der Waals surface area contributed by atoms with Gasteiger partial charge in [0.05, 0.1) is 23.9 Å². The number of amides is 2. The third-order valence-corrected chi connectivity index (χ3v) is 10.1. The van der Waals surface area contributed by atoms with Crippen LogP contribution in [0.3, 0.4) is 0 Å². The number of fused-ring (bicyclic) bond motifs is 1. The highest BCUT2D eigenvalue weighted by Crippen LogP contribution is 2.35. The van der Waals surface area contributed by atoms with E-state index < -0.39 is 29.1 Å². The molecule has 58 heavy (non-hydrogen) atoms. The van der Waals surface area contributed by atoms with Crippen molar-refractivity contribution in [3.63, 3.8) is 0 Å². The maximum absolute atomic E-state index is 15.0. The summed E-state index contributed by atoms with van der Waals surface area (Å²) in [5, 5.41) is 9.86. The molecule has 0 atom stereocenters. The van der Waals surface area contributed by atoms with Crippen LogP contribution in [0.2, 0.25) is 5.02 Å². The Morgan fingerprint density at radius 1 is 1.02 bits per heavy atom. The number of carbonyl (C=O) groups excluding carboxylic acids is 2. The Labute approximate surface area is 341 Å². The second kappa shape index (κ2) is 17.0. The average molecular weight is 808 g/mol. The zero-order valence-electron chi connectivity index (χ0n) is 33.4. The first-order chi connectivity index (χ1) is 27.6. The topological polar surface area (TPSA) is 145 Å².